The number of rotatable bonds is 5. The molecule has 1 saturated carbocycles. The molecule has 0 aromatic heterocycles. The van der Waals surface area contributed by atoms with Gasteiger partial charge in [0.05, 0.1) is 24.3 Å². The summed E-state index contributed by atoms with van der Waals surface area (Å²) in [5.74, 6) is 1.97. The monoisotopic (exact) mass is 366 g/mol. The fraction of sp³-hybridized carbons (Fsp3) is 0.632. The Morgan fingerprint density at radius 3 is 2.60 bits per heavy atom. The summed E-state index contributed by atoms with van der Waals surface area (Å²) in [6, 6.07) is 6.11. The number of halogens is 1. The normalized spacial score (nSPS) is 29.3. The molecule has 5 nitrogen and oxygen atoms in total. The molecule has 2 aliphatic rings. The lowest BCUT2D eigenvalue weighted by Crippen LogP contribution is -2.49. The summed E-state index contributed by atoms with van der Waals surface area (Å²) in [4.78, 5) is 13.9. The first-order chi connectivity index (χ1) is 12.0. The van der Waals surface area contributed by atoms with Crippen molar-refractivity contribution >= 4 is 17.5 Å². The van der Waals surface area contributed by atoms with Gasteiger partial charge in [-0.15, -0.1) is 0 Å². The van der Waals surface area contributed by atoms with Crippen LogP contribution in [-0.2, 0) is 16.1 Å². The molecule has 1 N–H and O–H groups in total. The molecular formula is C19H27ClN2O3. The molecule has 1 saturated heterocycles. The first kappa shape index (κ1) is 18.5. The minimum Gasteiger partial charge on any atom is -0.495 e. The fourth-order valence-electron chi connectivity index (χ4n) is 4.38. The Labute approximate surface area is 154 Å². The Balaban J connectivity index is 1.63. The maximum Gasteiger partial charge on any atom is 0.217 e. The largest absolute Gasteiger partial charge is 0.495 e. The highest BCUT2D eigenvalue weighted by Crippen LogP contribution is 2.38. The van der Waals surface area contributed by atoms with E-state index in [4.69, 9.17) is 21.1 Å². The number of nitrogens with zero attached hydrogens (tertiary/aromatic N) is 1. The molecule has 2 fully saturated rings. The second kappa shape index (κ2) is 7.94. The van der Waals surface area contributed by atoms with Gasteiger partial charge in [0.2, 0.25) is 5.91 Å². The second-order valence-electron chi connectivity index (χ2n) is 7.24. The van der Waals surface area contributed by atoms with E-state index >= 15 is 0 Å². The lowest BCUT2D eigenvalue weighted by Gasteiger charge is -2.37. The number of carbonyl (C=O) groups is 1. The van der Waals surface area contributed by atoms with Gasteiger partial charge >= 0.3 is 0 Å². The second-order valence-corrected chi connectivity index (χ2v) is 7.64. The molecular weight excluding hydrogens is 340 g/mol. The smallest absolute Gasteiger partial charge is 0.217 e. The standard InChI is InChI=1S/C19H27ClN2O3/c1-12(23)21-17-7-14-10-22(11-15(14)8-19(17)25-3)9-13-4-5-18(24-2)16(20)6-13/h4-6,14-15,17,19H,7-11H2,1-3H3,(H,21,23)/t14-,15+,17-,19-/m1/s1. The van der Waals surface area contributed by atoms with E-state index in [0.29, 0.717) is 22.6 Å². The number of methoxy groups -OCH3 is 2. The van der Waals surface area contributed by atoms with Gasteiger partial charge in [0.1, 0.15) is 5.75 Å². The van der Waals surface area contributed by atoms with Crippen molar-refractivity contribution in [1.82, 2.24) is 10.2 Å². The fourth-order valence-corrected chi connectivity index (χ4v) is 4.66. The molecule has 1 aromatic rings. The van der Waals surface area contributed by atoms with Gasteiger partial charge in [-0.05, 0) is 42.4 Å². The molecule has 1 aromatic carbocycles. The first-order valence-corrected chi connectivity index (χ1v) is 9.22. The van der Waals surface area contributed by atoms with Crippen molar-refractivity contribution in [1.29, 1.82) is 0 Å². The number of benzene rings is 1. The van der Waals surface area contributed by atoms with Crippen molar-refractivity contribution in [3.63, 3.8) is 0 Å². The lowest BCUT2D eigenvalue weighted by atomic mass is 9.77. The number of nitrogens with one attached hydrogen (secondary N) is 1. The molecule has 138 valence electrons. The van der Waals surface area contributed by atoms with Gasteiger partial charge in [0.25, 0.3) is 0 Å². The van der Waals surface area contributed by atoms with Crippen molar-refractivity contribution < 1.29 is 14.3 Å². The Hall–Kier alpha value is -1.30. The Kier molecular flexibility index (Phi) is 5.87. The van der Waals surface area contributed by atoms with Gasteiger partial charge in [0.15, 0.2) is 0 Å². The molecule has 3 rings (SSSR count). The third-order valence-corrected chi connectivity index (χ3v) is 5.80. The molecule has 0 bridgehead atoms. The Morgan fingerprint density at radius 2 is 2.00 bits per heavy atom. The highest BCUT2D eigenvalue weighted by Gasteiger charge is 2.42. The molecule has 0 spiro atoms. The van der Waals surface area contributed by atoms with Crippen molar-refractivity contribution in [2.45, 2.75) is 38.5 Å². The zero-order chi connectivity index (χ0) is 18.0. The van der Waals surface area contributed by atoms with Crippen LogP contribution in [0.2, 0.25) is 5.02 Å². The quantitative estimate of drug-likeness (QED) is 0.870. The maximum atomic E-state index is 11.5. The third-order valence-electron chi connectivity index (χ3n) is 5.51. The molecule has 1 heterocycles. The van der Waals surface area contributed by atoms with Crippen LogP contribution in [0.15, 0.2) is 18.2 Å². The van der Waals surface area contributed by atoms with Gasteiger partial charge in [-0.2, -0.15) is 0 Å². The summed E-state index contributed by atoms with van der Waals surface area (Å²) in [6.45, 7) is 4.59. The highest BCUT2D eigenvalue weighted by molar-refractivity contribution is 6.32. The SMILES string of the molecule is COc1ccc(CN2C[C@H]3C[C@@H](NC(C)=O)[C@H](OC)C[C@H]3C2)cc1Cl. The lowest BCUT2D eigenvalue weighted by molar-refractivity contribution is -0.121. The van der Waals surface area contributed by atoms with Crippen molar-refractivity contribution in [2.24, 2.45) is 11.8 Å². The summed E-state index contributed by atoms with van der Waals surface area (Å²) in [6.07, 6.45) is 2.11. The molecule has 0 radical (unpaired) electrons. The molecule has 0 unspecified atom stereocenters. The van der Waals surface area contributed by atoms with E-state index in [2.05, 4.69) is 16.3 Å². The maximum absolute atomic E-state index is 11.5. The van der Waals surface area contributed by atoms with E-state index in [1.807, 2.05) is 12.1 Å². The predicted octanol–water partition coefficient (Wildman–Crippen LogP) is 2.71. The van der Waals surface area contributed by atoms with Crippen LogP contribution in [0.4, 0.5) is 0 Å². The van der Waals surface area contributed by atoms with Crippen molar-refractivity contribution in [3.05, 3.63) is 28.8 Å². The van der Waals surface area contributed by atoms with Gasteiger partial charge in [-0.1, -0.05) is 17.7 Å². The molecule has 1 aliphatic heterocycles. The molecule has 1 aliphatic carbocycles. The zero-order valence-corrected chi connectivity index (χ0v) is 15.9. The summed E-state index contributed by atoms with van der Waals surface area (Å²) in [7, 11) is 3.37. The number of ether oxygens (including phenoxy) is 2. The number of amides is 1. The van der Waals surface area contributed by atoms with Crippen LogP contribution in [0.3, 0.4) is 0 Å². The van der Waals surface area contributed by atoms with E-state index in [1.165, 1.54) is 5.56 Å². The van der Waals surface area contributed by atoms with Crippen LogP contribution < -0.4 is 10.1 Å². The van der Waals surface area contributed by atoms with E-state index in [1.54, 1.807) is 21.1 Å². The minimum atomic E-state index is 0.0215. The van der Waals surface area contributed by atoms with Crippen LogP contribution in [0.5, 0.6) is 5.75 Å². The number of fused-ring (bicyclic) bond motifs is 1. The van der Waals surface area contributed by atoms with Gasteiger partial charge in [-0.3, -0.25) is 9.69 Å². The van der Waals surface area contributed by atoms with Crippen molar-refractivity contribution in [3.8, 4) is 5.75 Å². The first-order valence-electron chi connectivity index (χ1n) is 8.84. The number of likely N-dealkylation sites (tertiary alicyclic amines) is 1. The summed E-state index contributed by atoms with van der Waals surface area (Å²) < 4.78 is 10.9. The molecule has 4 atom stereocenters. The predicted molar refractivity (Wildman–Crippen MR) is 97.9 cm³/mol. The van der Waals surface area contributed by atoms with Crippen LogP contribution >= 0.6 is 11.6 Å². The molecule has 1 amide bonds. The highest BCUT2D eigenvalue weighted by atomic mass is 35.5. The van der Waals surface area contributed by atoms with Gasteiger partial charge in [0, 0.05) is 33.7 Å². The zero-order valence-electron chi connectivity index (χ0n) is 15.1. The topological polar surface area (TPSA) is 50.8 Å². The summed E-state index contributed by atoms with van der Waals surface area (Å²) in [5, 5.41) is 3.72. The number of hydrogen-bond acceptors (Lipinski definition) is 4. The average molecular weight is 367 g/mol. The Bertz CT molecular complexity index is 625. The number of hydrogen-bond donors (Lipinski definition) is 1. The molecule has 6 heteroatoms. The van der Waals surface area contributed by atoms with Gasteiger partial charge in [-0.25, -0.2) is 0 Å². The van der Waals surface area contributed by atoms with E-state index in [0.717, 1.165) is 32.5 Å². The van der Waals surface area contributed by atoms with E-state index in [-0.39, 0.29) is 18.1 Å². The average Bonchev–Trinajstić information content (AvgIpc) is 2.94. The van der Waals surface area contributed by atoms with Crippen LogP contribution in [-0.4, -0.2) is 50.3 Å². The van der Waals surface area contributed by atoms with E-state index in [9.17, 15) is 4.79 Å². The van der Waals surface area contributed by atoms with Gasteiger partial charge < -0.3 is 14.8 Å². The summed E-state index contributed by atoms with van der Waals surface area (Å²) >= 11 is 6.24. The van der Waals surface area contributed by atoms with Crippen LogP contribution in [0, 0.1) is 11.8 Å². The summed E-state index contributed by atoms with van der Waals surface area (Å²) in [5.41, 5.74) is 1.20. The van der Waals surface area contributed by atoms with E-state index < -0.39 is 0 Å². The van der Waals surface area contributed by atoms with Crippen LogP contribution in [0.25, 0.3) is 0 Å². The molecule has 25 heavy (non-hydrogen) atoms. The number of carbonyl (C=O) groups excluding carboxylic acids is 1. The Morgan fingerprint density at radius 1 is 1.28 bits per heavy atom. The van der Waals surface area contributed by atoms with Crippen LogP contribution in [0.1, 0.15) is 25.3 Å². The van der Waals surface area contributed by atoms with Crippen molar-refractivity contribution in [2.75, 3.05) is 27.3 Å². The minimum absolute atomic E-state index is 0.0215. The third kappa shape index (κ3) is 4.27.